The van der Waals surface area contributed by atoms with Crippen LogP contribution in [0, 0.1) is 5.92 Å². The molecule has 2 fully saturated rings. The van der Waals surface area contributed by atoms with Crippen molar-refractivity contribution >= 4 is 0 Å². The SMILES string of the molecule is CCC1CCC(NC)C(OC2CCC2)C1. The number of hydrogen-bond acceptors (Lipinski definition) is 2. The first-order valence-electron chi connectivity index (χ1n) is 6.66. The topological polar surface area (TPSA) is 21.3 Å². The molecular weight excluding hydrogens is 186 g/mol. The minimum Gasteiger partial charge on any atom is -0.373 e. The van der Waals surface area contributed by atoms with E-state index in [1.54, 1.807) is 0 Å². The van der Waals surface area contributed by atoms with E-state index in [2.05, 4.69) is 19.3 Å². The van der Waals surface area contributed by atoms with Gasteiger partial charge in [-0.05, 0) is 51.5 Å². The quantitative estimate of drug-likeness (QED) is 0.772. The van der Waals surface area contributed by atoms with E-state index in [0.29, 0.717) is 18.2 Å². The Morgan fingerprint density at radius 1 is 1.20 bits per heavy atom. The minimum absolute atomic E-state index is 0.485. The Bertz CT molecular complexity index is 189. The number of ether oxygens (including phenoxy) is 1. The van der Waals surface area contributed by atoms with Crippen LogP contribution in [-0.4, -0.2) is 25.3 Å². The minimum atomic E-state index is 0.485. The van der Waals surface area contributed by atoms with Crippen LogP contribution in [0.25, 0.3) is 0 Å². The molecule has 1 N–H and O–H groups in total. The van der Waals surface area contributed by atoms with Gasteiger partial charge in [0.15, 0.2) is 0 Å². The third kappa shape index (κ3) is 2.73. The summed E-state index contributed by atoms with van der Waals surface area (Å²) in [7, 11) is 2.08. The molecule has 0 bridgehead atoms. The highest BCUT2D eigenvalue weighted by molar-refractivity contribution is 4.86. The second-order valence-electron chi connectivity index (χ2n) is 5.21. The number of likely N-dealkylation sites (N-methyl/N-ethyl adjacent to an activating group) is 1. The molecule has 2 aliphatic rings. The van der Waals surface area contributed by atoms with Gasteiger partial charge < -0.3 is 10.1 Å². The maximum Gasteiger partial charge on any atom is 0.0734 e. The molecule has 3 unspecified atom stereocenters. The molecule has 0 aromatic heterocycles. The lowest BCUT2D eigenvalue weighted by Crippen LogP contribution is -2.46. The van der Waals surface area contributed by atoms with Gasteiger partial charge in [0.2, 0.25) is 0 Å². The van der Waals surface area contributed by atoms with Gasteiger partial charge in [-0.25, -0.2) is 0 Å². The van der Waals surface area contributed by atoms with Crippen molar-refractivity contribution in [3.63, 3.8) is 0 Å². The zero-order valence-corrected chi connectivity index (χ0v) is 10.2. The molecule has 0 heterocycles. The van der Waals surface area contributed by atoms with Crippen LogP contribution in [0.15, 0.2) is 0 Å². The fraction of sp³-hybridized carbons (Fsp3) is 1.00. The number of hydrogen-bond donors (Lipinski definition) is 1. The van der Waals surface area contributed by atoms with E-state index in [-0.39, 0.29) is 0 Å². The summed E-state index contributed by atoms with van der Waals surface area (Å²) in [4.78, 5) is 0. The maximum absolute atomic E-state index is 6.20. The lowest BCUT2D eigenvalue weighted by atomic mass is 9.82. The Labute approximate surface area is 93.8 Å². The van der Waals surface area contributed by atoms with E-state index in [1.165, 1.54) is 44.9 Å². The molecular formula is C13H25NO. The summed E-state index contributed by atoms with van der Waals surface area (Å²) in [6, 6.07) is 0.605. The summed E-state index contributed by atoms with van der Waals surface area (Å²) in [5.41, 5.74) is 0. The molecule has 2 aliphatic carbocycles. The zero-order chi connectivity index (χ0) is 10.7. The van der Waals surface area contributed by atoms with Crippen molar-refractivity contribution in [2.45, 2.75) is 70.1 Å². The average molecular weight is 211 g/mol. The Kier molecular flexibility index (Phi) is 4.04. The fourth-order valence-electron chi connectivity index (χ4n) is 2.82. The smallest absolute Gasteiger partial charge is 0.0734 e. The highest BCUT2D eigenvalue weighted by Crippen LogP contribution is 2.32. The van der Waals surface area contributed by atoms with Crippen molar-refractivity contribution in [2.24, 2.45) is 5.92 Å². The highest BCUT2D eigenvalue weighted by Gasteiger charge is 2.32. The van der Waals surface area contributed by atoms with Crippen molar-refractivity contribution in [1.29, 1.82) is 0 Å². The summed E-state index contributed by atoms with van der Waals surface area (Å²) in [6.45, 7) is 2.31. The third-order valence-corrected chi connectivity index (χ3v) is 4.27. The molecule has 2 heteroatoms. The second kappa shape index (κ2) is 5.31. The molecule has 0 amide bonds. The van der Waals surface area contributed by atoms with Crippen molar-refractivity contribution in [2.75, 3.05) is 7.05 Å². The van der Waals surface area contributed by atoms with Gasteiger partial charge in [-0.15, -0.1) is 0 Å². The van der Waals surface area contributed by atoms with Gasteiger partial charge in [-0.3, -0.25) is 0 Å². The Balaban J connectivity index is 1.84. The first-order chi connectivity index (χ1) is 7.33. The average Bonchev–Trinajstić information content (AvgIpc) is 2.23. The van der Waals surface area contributed by atoms with Gasteiger partial charge in [-0.1, -0.05) is 13.3 Å². The molecule has 0 radical (unpaired) electrons. The standard InChI is InChI=1S/C13H25NO/c1-3-10-7-8-12(14-2)13(9-10)15-11-5-4-6-11/h10-14H,3-9H2,1-2H3. The normalized spacial score (nSPS) is 37.6. The van der Waals surface area contributed by atoms with Crippen LogP contribution in [0.5, 0.6) is 0 Å². The van der Waals surface area contributed by atoms with E-state index >= 15 is 0 Å². The molecule has 2 rings (SSSR count). The maximum atomic E-state index is 6.20. The van der Waals surface area contributed by atoms with Crippen LogP contribution in [0.4, 0.5) is 0 Å². The Hall–Kier alpha value is -0.0800. The highest BCUT2D eigenvalue weighted by atomic mass is 16.5. The van der Waals surface area contributed by atoms with Crippen LogP contribution in [0.2, 0.25) is 0 Å². The Morgan fingerprint density at radius 2 is 2.00 bits per heavy atom. The summed E-state index contributed by atoms with van der Waals surface area (Å²) >= 11 is 0. The number of rotatable bonds is 4. The molecule has 15 heavy (non-hydrogen) atoms. The van der Waals surface area contributed by atoms with E-state index in [4.69, 9.17) is 4.74 Å². The van der Waals surface area contributed by atoms with Crippen LogP contribution < -0.4 is 5.32 Å². The van der Waals surface area contributed by atoms with Gasteiger partial charge in [0, 0.05) is 6.04 Å². The zero-order valence-electron chi connectivity index (χ0n) is 10.2. The van der Waals surface area contributed by atoms with Crippen molar-refractivity contribution < 1.29 is 4.74 Å². The molecule has 3 atom stereocenters. The molecule has 0 saturated heterocycles. The van der Waals surface area contributed by atoms with Crippen LogP contribution in [-0.2, 0) is 4.74 Å². The molecule has 0 aromatic carbocycles. The van der Waals surface area contributed by atoms with E-state index < -0.39 is 0 Å². The molecule has 0 aromatic rings. The molecule has 2 saturated carbocycles. The molecule has 88 valence electrons. The summed E-state index contributed by atoms with van der Waals surface area (Å²) in [6.07, 6.45) is 10.3. The molecule has 0 aliphatic heterocycles. The predicted molar refractivity (Wildman–Crippen MR) is 63.0 cm³/mol. The van der Waals surface area contributed by atoms with Gasteiger partial charge in [0.1, 0.15) is 0 Å². The first-order valence-corrected chi connectivity index (χ1v) is 6.66. The lowest BCUT2D eigenvalue weighted by Gasteiger charge is -2.39. The summed E-state index contributed by atoms with van der Waals surface area (Å²) in [5, 5.41) is 3.43. The van der Waals surface area contributed by atoms with Gasteiger partial charge >= 0.3 is 0 Å². The van der Waals surface area contributed by atoms with Crippen LogP contribution in [0.1, 0.15) is 51.9 Å². The third-order valence-electron chi connectivity index (χ3n) is 4.27. The van der Waals surface area contributed by atoms with Crippen molar-refractivity contribution in [3.8, 4) is 0 Å². The second-order valence-corrected chi connectivity index (χ2v) is 5.21. The molecule has 0 spiro atoms. The van der Waals surface area contributed by atoms with E-state index in [9.17, 15) is 0 Å². The lowest BCUT2D eigenvalue weighted by molar-refractivity contribution is -0.0856. The van der Waals surface area contributed by atoms with Crippen molar-refractivity contribution in [1.82, 2.24) is 5.32 Å². The van der Waals surface area contributed by atoms with E-state index in [0.717, 1.165) is 5.92 Å². The van der Waals surface area contributed by atoms with Gasteiger partial charge in [-0.2, -0.15) is 0 Å². The Morgan fingerprint density at radius 3 is 2.53 bits per heavy atom. The number of nitrogens with one attached hydrogen (secondary N) is 1. The van der Waals surface area contributed by atoms with Gasteiger partial charge in [0.25, 0.3) is 0 Å². The monoisotopic (exact) mass is 211 g/mol. The summed E-state index contributed by atoms with van der Waals surface area (Å²) in [5.74, 6) is 0.902. The molecule has 2 nitrogen and oxygen atoms in total. The van der Waals surface area contributed by atoms with E-state index in [1.807, 2.05) is 0 Å². The fourth-order valence-corrected chi connectivity index (χ4v) is 2.82. The largest absolute Gasteiger partial charge is 0.373 e. The first kappa shape index (κ1) is 11.4. The van der Waals surface area contributed by atoms with Crippen molar-refractivity contribution in [3.05, 3.63) is 0 Å². The van der Waals surface area contributed by atoms with Crippen LogP contribution >= 0.6 is 0 Å². The van der Waals surface area contributed by atoms with Gasteiger partial charge in [0.05, 0.1) is 12.2 Å². The van der Waals surface area contributed by atoms with Crippen LogP contribution in [0.3, 0.4) is 0 Å². The predicted octanol–water partition coefficient (Wildman–Crippen LogP) is 2.72. The summed E-state index contributed by atoms with van der Waals surface area (Å²) < 4.78 is 6.20.